The molecule has 4 nitrogen and oxygen atoms in total. The van der Waals surface area contributed by atoms with E-state index in [2.05, 4.69) is 76.3 Å². The summed E-state index contributed by atoms with van der Waals surface area (Å²) in [5.41, 5.74) is 0.385. The zero-order valence-corrected chi connectivity index (χ0v) is 17.1. The third-order valence-electron chi connectivity index (χ3n) is 2.66. The second kappa shape index (κ2) is 6.50. The number of aliphatic imine (C=N–C) groups is 1. The lowest BCUT2D eigenvalue weighted by atomic mass is 9.83. The minimum Gasteiger partial charge on any atom is -0.444 e. The molecule has 0 aromatic heterocycles. The monoisotopic (exact) mass is 504 g/mol. The van der Waals surface area contributed by atoms with E-state index in [1.54, 1.807) is 0 Å². The van der Waals surface area contributed by atoms with Crippen LogP contribution in [0, 0.1) is 5.41 Å². The summed E-state index contributed by atoms with van der Waals surface area (Å²) in [6.45, 7) is 11.9. The predicted octanol–water partition coefficient (Wildman–Crippen LogP) is 4.81. The Morgan fingerprint density at radius 2 is 1.80 bits per heavy atom. The zero-order valence-electron chi connectivity index (χ0n) is 12.8. The molecule has 0 unspecified atom stereocenters. The highest BCUT2D eigenvalue weighted by Gasteiger charge is 2.34. The van der Waals surface area contributed by atoms with Crippen molar-refractivity contribution in [3.63, 3.8) is 0 Å². The van der Waals surface area contributed by atoms with Gasteiger partial charge in [-0.05, 0) is 71.4 Å². The van der Waals surface area contributed by atoms with Gasteiger partial charge in [-0.15, -0.1) is 0 Å². The molecule has 1 heterocycles. The number of carbonyl (C=O) groups excluding carboxylic acids is 1. The van der Waals surface area contributed by atoms with Crippen LogP contribution in [-0.2, 0) is 4.74 Å². The van der Waals surface area contributed by atoms with Gasteiger partial charge in [0.15, 0.2) is 0 Å². The van der Waals surface area contributed by atoms with Gasteiger partial charge < -0.3 is 10.1 Å². The van der Waals surface area contributed by atoms with E-state index in [1.807, 2.05) is 20.8 Å². The molecule has 114 valence electrons. The number of hydrogen-bond donors (Lipinski definition) is 1. The van der Waals surface area contributed by atoms with Crippen molar-refractivity contribution in [2.45, 2.75) is 59.6 Å². The number of nitrogens with zero attached hydrogens (tertiary/aromatic N) is 1. The predicted molar refractivity (Wildman–Crippen MR) is 99.7 cm³/mol. The van der Waals surface area contributed by atoms with E-state index in [9.17, 15) is 4.79 Å². The number of allylic oxidation sites excluding steroid dienone is 1. The number of carbonyl (C=O) groups is 1. The van der Waals surface area contributed by atoms with Gasteiger partial charge in [0.05, 0.1) is 6.04 Å². The highest BCUT2D eigenvalue weighted by atomic mass is 127. The summed E-state index contributed by atoms with van der Waals surface area (Å²) in [6, 6.07) is -0.130. The highest BCUT2D eigenvalue weighted by molar-refractivity contribution is 14.1. The Balaban J connectivity index is 2.84. The first-order chi connectivity index (χ1) is 8.90. The van der Waals surface area contributed by atoms with Gasteiger partial charge in [0.25, 0.3) is 0 Å². The number of rotatable bonds is 2. The Hall–Kier alpha value is 0.140. The van der Waals surface area contributed by atoms with Gasteiger partial charge in [0, 0.05) is 15.7 Å². The first kappa shape index (κ1) is 18.2. The lowest BCUT2D eigenvalue weighted by Crippen LogP contribution is -2.50. The van der Waals surface area contributed by atoms with E-state index in [0.717, 1.165) is 15.8 Å². The van der Waals surface area contributed by atoms with Crippen LogP contribution >= 0.6 is 45.2 Å². The number of alkyl carbamates (subject to hydrolysis) is 1. The molecule has 1 atom stereocenters. The second-order valence-electron chi connectivity index (χ2n) is 6.92. The van der Waals surface area contributed by atoms with Gasteiger partial charge >= 0.3 is 6.09 Å². The van der Waals surface area contributed by atoms with Gasteiger partial charge in [0.1, 0.15) is 9.30 Å². The van der Waals surface area contributed by atoms with Crippen molar-refractivity contribution in [3.05, 3.63) is 7.28 Å². The van der Waals surface area contributed by atoms with Crippen LogP contribution < -0.4 is 5.32 Å². The molecule has 1 rings (SSSR count). The van der Waals surface area contributed by atoms with E-state index in [1.165, 1.54) is 3.58 Å². The summed E-state index contributed by atoms with van der Waals surface area (Å²) in [7, 11) is 0. The molecule has 1 N–H and O–H groups in total. The molecule has 0 saturated carbocycles. The molecule has 1 aliphatic rings. The van der Waals surface area contributed by atoms with Crippen LogP contribution in [0.2, 0.25) is 0 Å². The Bertz CT molecular complexity index is 457. The van der Waals surface area contributed by atoms with Crippen molar-refractivity contribution in [1.29, 1.82) is 0 Å². The Labute approximate surface area is 148 Å². The van der Waals surface area contributed by atoms with E-state index >= 15 is 0 Å². The molecule has 0 aromatic carbocycles. The van der Waals surface area contributed by atoms with Gasteiger partial charge in [-0.2, -0.15) is 0 Å². The molecule has 6 heteroatoms. The lowest BCUT2D eigenvalue weighted by Gasteiger charge is -2.32. The van der Waals surface area contributed by atoms with Crippen molar-refractivity contribution in [3.8, 4) is 0 Å². The van der Waals surface area contributed by atoms with Crippen LogP contribution in [0.1, 0.15) is 48.0 Å². The summed E-state index contributed by atoms with van der Waals surface area (Å²) in [6.07, 6.45) is 0.411. The molecule has 0 aromatic rings. The molecule has 20 heavy (non-hydrogen) atoms. The Morgan fingerprint density at radius 3 is 2.15 bits per heavy atom. The van der Waals surface area contributed by atoms with Gasteiger partial charge in [-0.25, -0.2) is 9.79 Å². The first-order valence-corrected chi connectivity index (χ1v) is 8.67. The largest absolute Gasteiger partial charge is 0.444 e. The number of ether oxygens (including phenoxy) is 1. The maximum Gasteiger partial charge on any atom is 0.408 e. The number of halogens is 2. The van der Waals surface area contributed by atoms with Gasteiger partial charge in [0.2, 0.25) is 0 Å². The molecular formula is C14H22I2N2O2. The second-order valence-corrected chi connectivity index (χ2v) is 9.24. The summed E-state index contributed by atoms with van der Waals surface area (Å²) >= 11 is 4.54. The quantitative estimate of drug-likeness (QED) is 0.434. The van der Waals surface area contributed by atoms with Gasteiger partial charge in [-0.1, -0.05) is 20.8 Å². The van der Waals surface area contributed by atoms with Crippen LogP contribution in [0.25, 0.3) is 0 Å². The summed E-state index contributed by atoms with van der Waals surface area (Å²) in [5.74, 6) is 0. The topological polar surface area (TPSA) is 50.7 Å². The fourth-order valence-corrected chi connectivity index (χ4v) is 2.86. The third kappa shape index (κ3) is 5.50. The summed E-state index contributed by atoms with van der Waals surface area (Å²) in [5, 5.41) is 2.97. The molecule has 0 aliphatic carbocycles. The average Bonchev–Trinajstić information content (AvgIpc) is 2.51. The van der Waals surface area contributed by atoms with Crippen LogP contribution in [0.15, 0.2) is 12.3 Å². The molecule has 1 aliphatic heterocycles. The fourth-order valence-electron chi connectivity index (χ4n) is 1.85. The van der Waals surface area contributed by atoms with Crippen LogP contribution in [-0.4, -0.2) is 23.4 Å². The van der Waals surface area contributed by atoms with Crippen molar-refractivity contribution in [1.82, 2.24) is 5.32 Å². The number of nitrogens with one attached hydrogen (secondary N) is 1. The standard InChI is InChI=1S/C14H22I2N2O2/c1-13(2,3)10(9-7-8(15)11(16)17-9)18-12(19)20-14(4,5)6/h10H,7H2,1-6H3,(H,18,19)/t10-/m1/s1. The zero-order chi connectivity index (χ0) is 15.7. The van der Waals surface area contributed by atoms with Crippen molar-refractivity contribution < 1.29 is 9.53 Å². The third-order valence-corrected chi connectivity index (χ3v) is 5.48. The SMILES string of the molecule is CC(C)(C)OC(=O)N[C@H](C1=NC(I)=C(I)C1)C(C)(C)C. The first-order valence-electron chi connectivity index (χ1n) is 6.51. The molecule has 0 radical (unpaired) electrons. The summed E-state index contributed by atoms with van der Waals surface area (Å²) < 4.78 is 7.59. The molecular weight excluding hydrogens is 482 g/mol. The van der Waals surface area contributed by atoms with Gasteiger partial charge in [-0.3, -0.25) is 0 Å². The lowest BCUT2D eigenvalue weighted by molar-refractivity contribution is 0.0491. The smallest absolute Gasteiger partial charge is 0.408 e. The van der Waals surface area contributed by atoms with Crippen molar-refractivity contribution in [2.24, 2.45) is 10.4 Å². The highest BCUT2D eigenvalue weighted by Crippen LogP contribution is 2.34. The normalized spacial score (nSPS) is 17.9. The van der Waals surface area contributed by atoms with E-state index in [-0.39, 0.29) is 11.5 Å². The maximum absolute atomic E-state index is 12.0. The van der Waals surface area contributed by atoms with Crippen LogP contribution in [0.5, 0.6) is 0 Å². The maximum atomic E-state index is 12.0. The fraction of sp³-hybridized carbons (Fsp3) is 0.714. The van der Waals surface area contributed by atoms with Crippen molar-refractivity contribution in [2.75, 3.05) is 0 Å². The number of hydrogen-bond acceptors (Lipinski definition) is 3. The van der Waals surface area contributed by atoms with E-state index < -0.39 is 11.7 Å². The molecule has 0 saturated heterocycles. The molecule has 0 spiro atoms. The number of amides is 1. The Morgan fingerprint density at radius 1 is 1.25 bits per heavy atom. The summed E-state index contributed by atoms with van der Waals surface area (Å²) in [4.78, 5) is 16.6. The molecule has 0 fully saturated rings. The van der Waals surface area contributed by atoms with Crippen molar-refractivity contribution >= 4 is 57.0 Å². The minimum atomic E-state index is -0.495. The van der Waals surface area contributed by atoms with Crippen LogP contribution in [0.4, 0.5) is 4.79 Å². The van der Waals surface area contributed by atoms with E-state index in [4.69, 9.17) is 4.74 Å². The minimum absolute atomic E-state index is 0.117. The average molecular weight is 504 g/mol. The molecule has 0 bridgehead atoms. The van der Waals surface area contributed by atoms with Crippen LogP contribution in [0.3, 0.4) is 0 Å². The molecule has 1 amide bonds. The Kier molecular flexibility index (Phi) is 5.91. The van der Waals surface area contributed by atoms with E-state index in [0.29, 0.717) is 0 Å².